The SMILES string of the molecule is CCN(CC)C(=O)c1sc(NC(=S)Nc2ccc(F)cc2[N+](=O)[O-])c(C(=O)OC)c1C. The van der Waals surface area contributed by atoms with Crippen molar-refractivity contribution in [2.45, 2.75) is 20.8 Å². The van der Waals surface area contributed by atoms with Crippen molar-refractivity contribution in [3.05, 3.63) is 50.1 Å². The normalized spacial score (nSPS) is 10.4. The number of amides is 1. The number of rotatable bonds is 7. The first-order valence-electron chi connectivity index (χ1n) is 9.17. The van der Waals surface area contributed by atoms with Crippen LogP contribution in [0.2, 0.25) is 0 Å². The second kappa shape index (κ2) is 10.3. The number of methoxy groups -OCH3 is 1. The van der Waals surface area contributed by atoms with Crippen molar-refractivity contribution >= 4 is 56.9 Å². The van der Waals surface area contributed by atoms with E-state index in [1.165, 1.54) is 13.2 Å². The summed E-state index contributed by atoms with van der Waals surface area (Å²) in [5, 5.41) is 16.8. The van der Waals surface area contributed by atoms with Crippen molar-refractivity contribution in [3.8, 4) is 0 Å². The topological polar surface area (TPSA) is 114 Å². The average molecular weight is 469 g/mol. The summed E-state index contributed by atoms with van der Waals surface area (Å²) in [5.41, 5.74) is 0.0425. The Balaban J connectivity index is 2.39. The van der Waals surface area contributed by atoms with Gasteiger partial charge in [0.1, 0.15) is 16.5 Å². The Morgan fingerprint density at radius 1 is 1.29 bits per heavy atom. The molecule has 1 aromatic heterocycles. The minimum atomic E-state index is -0.766. The Kier molecular flexibility index (Phi) is 8.00. The zero-order valence-electron chi connectivity index (χ0n) is 17.3. The molecule has 2 aromatic rings. The molecule has 0 unspecified atom stereocenters. The number of thiophene rings is 1. The lowest BCUT2D eigenvalue weighted by Gasteiger charge is -2.17. The highest BCUT2D eigenvalue weighted by Gasteiger charge is 2.28. The molecule has 0 saturated carbocycles. The number of nitrogens with zero attached hydrogens (tertiary/aromatic N) is 2. The number of nitro groups is 1. The van der Waals surface area contributed by atoms with Gasteiger partial charge in [-0.1, -0.05) is 0 Å². The number of halogens is 1. The molecule has 0 fully saturated rings. The van der Waals surface area contributed by atoms with Crippen LogP contribution in [-0.4, -0.2) is 47.0 Å². The van der Waals surface area contributed by atoms with Crippen LogP contribution < -0.4 is 10.6 Å². The molecule has 0 aliphatic carbocycles. The summed E-state index contributed by atoms with van der Waals surface area (Å²) in [5.74, 6) is -1.67. The summed E-state index contributed by atoms with van der Waals surface area (Å²) in [6.07, 6.45) is 0. The van der Waals surface area contributed by atoms with Gasteiger partial charge in [-0.05, 0) is 50.7 Å². The van der Waals surface area contributed by atoms with E-state index < -0.39 is 22.4 Å². The fourth-order valence-corrected chi connectivity index (χ4v) is 4.27. The van der Waals surface area contributed by atoms with Gasteiger partial charge in [-0.15, -0.1) is 11.3 Å². The number of carbonyl (C=O) groups is 2. The Morgan fingerprint density at radius 3 is 2.48 bits per heavy atom. The van der Waals surface area contributed by atoms with Gasteiger partial charge in [0.2, 0.25) is 0 Å². The second-order valence-electron chi connectivity index (χ2n) is 6.23. The molecule has 0 saturated heterocycles. The number of nitro benzene ring substituents is 1. The summed E-state index contributed by atoms with van der Waals surface area (Å²) >= 11 is 6.24. The van der Waals surface area contributed by atoms with Gasteiger partial charge >= 0.3 is 5.97 Å². The molecule has 0 atom stereocenters. The van der Waals surface area contributed by atoms with Gasteiger partial charge in [-0.2, -0.15) is 0 Å². The van der Waals surface area contributed by atoms with Crippen molar-refractivity contribution in [2.24, 2.45) is 0 Å². The van der Waals surface area contributed by atoms with Crippen LogP contribution in [0.1, 0.15) is 39.4 Å². The number of anilines is 2. The molecule has 1 aromatic carbocycles. The number of nitrogens with one attached hydrogen (secondary N) is 2. The van der Waals surface area contributed by atoms with Crippen molar-refractivity contribution in [1.82, 2.24) is 4.90 Å². The first kappa shape index (κ1) is 24.2. The molecule has 1 amide bonds. The lowest BCUT2D eigenvalue weighted by atomic mass is 10.1. The third-order valence-electron chi connectivity index (χ3n) is 4.41. The molecule has 2 N–H and O–H groups in total. The zero-order chi connectivity index (χ0) is 23.3. The van der Waals surface area contributed by atoms with Crippen LogP contribution in [0.25, 0.3) is 0 Å². The maximum absolute atomic E-state index is 13.4. The van der Waals surface area contributed by atoms with Gasteiger partial charge in [-0.3, -0.25) is 14.9 Å². The molecule has 1 heterocycles. The number of thiocarbonyl (C=S) groups is 1. The van der Waals surface area contributed by atoms with E-state index in [1.807, 2.05) is 13.8 Å². The van der Waals surface area contributed by atoms with Crippen LogP contribution >= 0.6 is 23.6 Å². The maximum atomic E-state index is 13.4. The smallest absolute Gasteiger partial charge is 0.341 e. The minimum absolute atomic E-state index is 0.0313. The van der Waals surface area contributed by atoms with Crippen LogP contribution in [-0.2, 0) is 4.74 Å². The number of esters is 1. The van der Waals surface area contributed by atoms with Gasteiger partial charge in [0.25, 0.3) is 11.6 Å². The van der Waals surface area contributed by atoms with Gasteiger partial charge in [-0.25, -0.2) is 9.18 Å². The molecular weight excluding hydrogens is 447 g/mol. The highest BCUT2D eigenvalue weighted by Crippen LogP contribution is 2.35. The molecule has 31 heavy (non-hydrogen) atoms. The number of benzene rings is 1. The number of hydrogen-bond acceptors (Lipinski definition) is 7. The van der Waals surface area contributed by atoms with E-state index >= 15 is 0 Å². The molecule has 9 nitrogen and oxygen atoms in total. The Hall–Kier alpha value is -3.12. The van der Waals surface area contributed by atoms with Crippen molar-refractivity contribution < 1.29 is 23.6 Å². The summed E-state index contributed by atoms with van der Waals surface area (Å²) in [4.78, 5) is 37.6. The fourth-order valence-electron chi connectivity index (χ4n) is 2.83. The van der Waals surface area contributed by atoms with E-state index in [-0.39, 0.29) is 27.3 Å². The predicted octanol–water partition coefficient (Wildman–Crippen LogP) is 4.18. The number of ether oxygens (including phenoxy) is 1. The van der Waals surface area contributed by atoms with E-state index in [0.717, 1.165) is 23.5 Å². The Labute approximate surface area is 187 Å². The van der Waals surface area contributed by atoms with Crippen LogP contribution in [0, 0.1) is 22.9 Å². The second-order valence-corrected chi connectivity index (χ2v) is 7.66. The minimum Gasteiger partial charge on any atom is -0.465 e. The molecule has 2 rings (SSSR count). The first-order chi connectivity index (χ1) is 14.6. The Morgan fingerprint density at radius 2 is 1.94 bits per heavy atom. The summed E-state index contributed by atoms with van der Waals surface area (Å²) in [7, 11) is 1.22. The molecule has 0 aliphatic heterocycles. The molecule has 0 aliphatic rings. The van der Waals surface area contributed by atoms with E-state index in [0.29, 0.717) is 23.5 Å². The third kappa shape index (κ3) is 5.33. The van der Waals surface area contributed by atoms with Gasteiger partial charge in [0.15, 0.2) is 5.11 Å². The molecular formula is C19H21FN4O5S2. The average Bonchev–Trinajstić information content (AvgIpc) is 3.04. The largest absolute Gasteiger partial charge is 0.465 e. The van der Waals surface area contributed by atoms with E-state index in [2.05, 4.69) is 10.6 Å². The monoisotopic (exact) mass is 468 g/mol. The standard InChI is InChI=1S/C19H21FN4O5S2/c1-5-23(6-2)17(25)15-10(3)14(18(26)29-4)16(31-15)22-19(30)21-12-8-7-11(20)9-13(12)24(27)28/h7-9H,5-6H2,1-4H3,(H2,21,22,30). The first-order valence-corrected chi connectivity index (χ1v) is 10.4. The summed E-state index contributed by atoms with van der Waals surface area (Å²) in [6, 6.07) is 2.99. The van der Waals surface area contributed by atoms with Crippen molar-refractivity contribution in [2.75, 3.05) is 30.8 Å². The van der Waals surface area contributed by atoms with E-state index in [4.69, 9.17) is 17.0 Å². The number of hydrogen-bond donors (Lipinski definition) is 2. The molecule has 0 spiro atoms. The van der Waals surface area contributed by atoms with E-state index in [1.54, 1.807) is 11.8 Å². The maximum Gasteiger partial charge on any atom is 0.341 e. The van der Waals surface area contributed by atoms with Gasteiger partial charge < -0.3 is 20.3 Å². The molecule has 0 radical (unpaired) electrons. The van der Waals surface area contributed by atoms with Crippen LogP contribution in [0.5, 0.6) is 0 Å². The third-order valence-corrected chi connectivity index (χ3v) is 5.81. The molecule has 166 valence electrons. The summed E-state index contributed by atoms with van der Waals surface area (Å²) < 4.78 is 18.2. The quantitative estimate of drug-likeness (QED) is 0.269. The van der Waals surface area contributed by atoms with Gasteiger partial charge in [0.05, 0.1) is 28.5 Å². The van der Waals surface area contributed by atoms with Crippen LogP contribution in [0.15, 0.2) is 18.2 Å². The predicted molar refractivity (Wildman–Crippen MR) is 121 cm³/mol. The number of carbonyl (C=O) groups excluding carboxylic acids is 2. The highest BCUT2D eigenvalue weighted by molar-refractivity contribution is 7.80. The zero-order valence-corrected chi connectivity index (χ0v) is 18.9. The summed E-state index contributed by atoms with van der Waals surface area (Å²) in [6.45, 7) is 6.32. The van der Waals surface area contributed by atoms with Crippen LogP contribution in [0.4, 0.5) is 20.8 Å². The molecule has 12 heteroatoms. The lowest BCUT2D eigenvalue weighted by Crippen LogP contribution is -2.30. The molecule has 0 bridgehead atoms. The van der Waals surface area contributed by atoms with Gasteiger partial charge in [0, 0.05) is 13.1 Å². The lowest BCUT2D eigenvalue weighted by molar-refractivity contribution is -0.384. The Bertz CT molecular complexity index is 1040. The van der Waals surface area contributed by atoms with Crippen molar-refractivity contribution in [1.29, 1.82) is 0 Å². The van der Waals surface area contributed by atoms with Crippen molar-refractivity contribution in [3.63, 3.8) is 0 Å². The highest BCUT2D eigenvalue weighted by atomic mass is 32.1. The van der Waals surface area contributed by atoms with E-state index in [9.17, 15) is 24.1 Å². The fraction of sp³-hybridized carbons (Fsp3) is 0.316. The van der Waals surface area contributed by atoms with Crippen LogP contribution in [0.3, 0.4) is 0 Å².